The van der Waals surface area contributed by atoms with Crippen LogP contribution in [0.25, 0.3) is 10.9 Å². The predicted molar refractivity (Wildman–Crippen MR) is 69.2 cm³/mol. The van der Waals surface area contributed by atoms with E-state index in [9.17, 15) is 14.4 Å². The van der Waals surface area contributed by atoms with E-state index in [0.717, 1.165) is 10.9 Å². The number of hydrogen-bond donors (Lipinski definition) is 1. The lowest BCUT2D eigenvalue weighted by atomic mass is 10.2. The highest BCUT2D eigenvalue weighted by Gasteiger charge is 2.32. The van der Waals surface area contributed by atoms with Crippen molar-refractivity contribution in [3.05, 3.63) is 36.0 Å². The lowest BCUT2D eigenvalue weighted by Crippen LogP contribution is -2.32. The van der Waals surface area contributed by atoms with Gasteiger partial charge in [0.05, 0.1) is 6.42 Å². The van der Waals surface area contributed by atoms with E-state index in [2.05, 4.69) is 4.98 Å². The molecule has 0 saturated carbocycles. The molecule has 1 aromatic heterocycles. The highest BCUT2D eigenvalue weighted by atomic mass is 16.7. The Kier molecular flexibility index (Phi) is 2.98. The van der Waals surface area contributed by atoms with E-state index in [0.29, 0.717) is 10.8 Å². The van der Waals surface area contributed by atoms with Gasteiger partial charge in [0, 0.05) is 24.1 Å². The summed E-state index contributed by atoms with van der Waals surface area (Å²) in [6.45, 7) is 0. The van der Waals surface area contributed by atoms with E-state index in [4.69, 9.17) is 4.84 Å². The summed E-state index contributed by atoms with van der Waals surface area (Å²) in [6.07, 6.45) is 0.169. The number of aromatic amines is 1. The van der Waals surface area contributed by atoms with Crippen molar-refractivity contribution in [3.63, 3.8) is 0 Å². The average molecular weight is 272 g/mol. The molecule has 0 bridgehead atoms. The third-order valence-electron chi connectivity index (χ3n) is 3.12. The molecule has 0 radical (unpaired) electrons. The van der Waals surface area contributed by atoms with Gasteiger partial charge in [-0.05, 0) is 17.5 Å². The van der Waals surface area contributed by atoms with E-state index >= 15 is 0 Å². The summed E-state index contributed by atoms with van der Waals surface area (Å²) in [5.41, 5.74) is 1.60. The number of para-hydroxylation sites is 1. The Morgan fingerprint density at radius 2 is 1.90 bits per heavy atom. The molecule has 6 nitrogen and oxygen atoms in total. The second-order valence-corrected chi connectivity index (χ2v) is 4.60. The fourth-order valence-corrected chi connectivity index (χ4v) is 2.18. The molecule has 2 heterocycles. The Morgan fingerprint density at radius 1 is 1.20 bits per heavy atom. The first-order chi connectivity index (χ1) is 9.63. The molecule has 1 aliphatic heterocycles. The molecule has 6 heteroatoms. The number of carbonyl (C=O) groups excluding carboxylic acids is 3. The number of rotatable bonds is 3. The van der Waals surface area contributed by atoms with E-state index in [-0.39, 0.29) is 19.3 Å². The predicted octanol–water partition coefficient (Wildman–Crippen LogP) is 1.32. The van der Waals surface area contributed by atoms with Crippen LogP contribution in [-0.2, 0) is 25.6 Å². The number of fused-ring (bicyclic) bond motifs is 1. The molecule has 1 aliphatic rings. The fraction of sp³-hybridized carbons (Fsp3) is 0.214. The minimum Gasteiger partial charge on any atom is -0.358 e. The van der Waals surface area contributed by atoms with Crippen LogP contribution in [0.1, 0.15) is 18.5 Å². The number of carbonyl (C=O) groups is 3. The molecular formula is C14H12N2O4. The molecule has 1 fully saturated rings. The van der Waals surface area contributed by atoms with Gasteiger partial charge in [-0.25, -0.2) is 4.79 Å². The minimum atomic E-state index is -0.639. The minimum absolute atomic E-state index is 0.0221. The molecule has 0 aliphatic carbocycles. The molecule has 0 atom stereocenters. The number of nitrogens with one attached hydrogen (secondary N) is 1. The van der Waals surface area contributed by atoms with Crippen LogP contribution in [-0.4, -0.2) is 27.8 Å². The fourth-order valence-electron chi connectivity index (χ4n) is 2.18. The van der Waals surface area contributed by atoms with E-state index in [1.165, 1.54) is 0 Å². The highest BCUT2D eigenvalue weighted by molar-refractivity contribution is 6.01. The Morgan fingerprint density at radius 3 is 2.60 bits per heavy atom. The summed E-state index contributed by atoms with van der Waals surface area (Å²) >= 11 is 0. The van der Waals surface area contributed by atoms with Crippen molar-refractivity contribution in [3.8, 4) is 0 Å². The van der Waals surface area contributed by atoms with E-state index in [1.54, 1.807) is 0 Å². The van der Waals surface area contributed by atoms with Crippen LogP contribution in [0.15, 0.2) is 30.3 Å². The Labute approximate surface area is 114 Å². The van der Waals surface area contributed by atoms with Crippen molar-refractivity contribution in [2.24, 2.45) is 0 Å². The van der Waals surface area contributed by atoms with Gasteiger partial charge in [0.1, 0.15) is 0 Å². The maximum Gasteiger partial charge on any atom is 0.339 e. The van der Waals surface area contributed by atoms with Gasteiger partial charge < -0.3 is 9.82 Å². The van der Waals surface area contributed by atoms with E-state index < -0.39 is 17.8 Å². The number of hydrogen-bond acceptors (Lipinski definition) is 4. The first-order valence-electron chi connectivity index (χ1n) is 6.27. The molecule has 1 N–H and O–H groups in total. The van der Waals surface area contributed by atoms with Crippen molar-refractivity contribution in [1.29, 1.82) is 0 Å². The Bertz CT molecular complexity index is 655. The summed E-state index contributed by atoms with van der Waals surface area (Å²) in [5.74, 6) is -1.58. The zero-order valence-electron chi connectivity index (χ0n) is 10.6. The Balaban J connectivity index is 1.69. The second-order valence-electron chi connectivity index (χ2n) is 4.60. The third-order valence-corrected chi connectivity index (χ3v) is 3.12. The zero-order chi connectivity index (χ0) is 14.1. The van der Waals surface area contributed by atoms with Gasteiger partial charge in [-0.15, -0.1) is 5.06 Å². The number of H-pyrrole nitrogens is 1. The van der Waals surface area contributed by atoms with Crippen LogP contribution in [0.5, 0.6) is 0 Å². The smallest absolute Gasteiger partial charge is 0.339 e. The summed E-state index contributed by atoms with van der Waals surface area (Å²) in [6, 6.07) is 9.46. The maximum atomic E-state index is 11.7. The zero-order valence-corrected chi connectivity index (χ0v) is 10.6. The number of aromatic nitrogens is 1. The van der Waals surface area contributed by atoms with Gasteiger partial charge in [-0.3, -0.25) is 9.59 Å². The first kappa shape index (κ1) is 12.4. The van der Waals surface area contributed by atoms with Gasteiger partial charge in [0.15, 0.2) is 0 Å². The van der Waals surface area contributed by atoms with Crippen molar-refractivity contribution in [1.82, 2.24) is 10.0 Å². The van der Waals surface area contributed by atoms with Crippen LogP contribution in [0.4, 0.5) is 0 Å². The molecule has 2 amide bonds. The van der Waals surface area contributed by atoms with Crippen molar-refractivity contribution in [2.75, 3.05) is 0 Å². The third kappa shape index (κ3) is 2.27. The van der Waals surface area contributed by atoms with Crippen LogP contribution >= 0.6 is 0 Å². The molecule has 20 heavy (non-hydrogen) atoms. The van der Waals surface area contributed by atoms with Gasteiger partial charge in [-0.2, -0.15) is 0 Å². The van der Waals surface area contributed by atoms with Gasteiger partial charge in [0.2, 0.25) is 0 Å². The highest BCUT2D eigenvalue weighted by Crippen LogP contribution is 2.16. The number of hydroxylamine groups is 2. The van der Waals surface area contributed by atoms with Gasteiger partial charge in [-0.1, -0.05) is 18.2 Å². The van der Waals surface area contributed by atoms with Crippen molar-refractivity contribution < 1.29 is 19.2 Å². The second kappa shape index (κ2) is 4.80. The van der Waals surface area contributed by atoms with Crippen LogP contribution in [0, 0.1) is 0 Å². The molecule has 2 aromatic rings. The normalized spacial score (nSPS) is 15.1. The Hall–Kier alpha value is -2.63. The monoisotopic (exact) mass is 272 g/mol. The van der Waals surface area contributed by atoms with E-state index in [1.807, 2.05) is 30.3 Å². The summed E-state index contributed by atoms with van der Waals surface area (Å²) in [5, 5.41) is 1.55. The number of imide groups is 1. The summed E-state index contributed by atoms with van der Waals surface area (Å²) in [4.78, 5) is 42.3. The number of benzene rings is 1. The summed E-state index contributed by atoms with van der Waals surface area (Å²) < 4.78 is 0. The first-order valence-corrected chi connectivity index (χ1v) is 6.27. The number of amides is 2. The average Bonchev–Trinajstić information content (AvgIpc) is 2.96. The van der Waals surface area contributed by atoms with Crippen molar-refractivity contribution >= 4 is 28.7 Å². The quantitative estimate of drug-likeness (QED) is 0.854. The molecule has 1 aromatic carbocycles. The topological polar surface area (TPSA) is 79.5 Å². The lowest BCUT2D eigenvalue weighted by molar-refractivity contribution is -0.197. The SMILES string of the molecule is O=C(Cc1cc2ccccc2[nH]1)ON1C(=O)CCC1=O. The van der Waals surface area contributed by atoms with Crippen LogP contribution in [0.3, 0.4) is 0 Å². The molecule has 1 saturated heterocycles. The standard InChI is InChI=1S/C14H12N2O4/c17-12-5-6-13(18)16(12)20-14(19)8-10-7-9-3-1-2-4-11(9)15-10/h1-4,7,15H,5-6,8H2. The number of nitrogens with zero attached hydrogens (tertiary/aromatic N) is 1. The lowest BCUT2D eigenvalue weighted by Gasteiger charge is -2.11. The molecule has 3 rings (SSSR count). The van der Waals surface area contributed by atoms with Gasteiger partial charge in [0.25, 0.3) is 11.8 Å². The summed E-state index contributed by atoms with van der Waals surface area (Å²) in [7, 11) is 0. The van der Waals surface area contributed by atoms with Gasteiger partial charge >= 0.3 is 5.97 Å². The molecule has 0 spiro atoms. The molecule has 0 unspecified atom stereocenters. The van der Waals surface area contributed by atoms with Crippen LogP contribution < -0.4 is 0 Å². The largest absolute Gasteiger partial charge is 0.358 e. The molecule has 102 valence electrons. The van der Waals surface area contributed by atoms with Crippen molar-refractivity contribution in [2.45, 2.75) is 19.3 Å². The van der Waals surface area contributed by atoms with Crippen LogP contribution in [0.2, 0.25) is 0 Å². The maximum absolute atomic E-state index is 11.7. The molecular weight excluding hydrogens is 260 g/mol.